The molecule has 2 heterocycles. The summed E-state index contributed by atoms with van der Waals surface area (Å²) in [5.41, 5.74) is 0.479. The van der Waals surface area contributed by atoms with Crippen LogP contribution in [0.5, 0.6) is 0 Å². The van der Waals surface area contributed by atoms with Gasteiger partial charge in [0.05, 0.1) is 0 Å². The molecule has 0 aromatic carbocycles. The Hall–Kier alpha value is -0.120. The topological polar surface area (TPSA) is 18.5 Å². The maximum absolute atomic E-state index is 3.60. The van der Waals surface area contributed by atoms with Gasteiger partial charge in [0.15, 0.2) is 0 Å². The molecule has 0 aromatic rings. The van der Waals surface area contributed by atoms with E-state index >= 15 is 0 Å². The first kappa shape index (κ1) is 17.2. The van der Waals surface area contributed by atoms with Crippen LogP contribution in [0.25, 0.3) is 0 Å². The molecule has 0 aliphatic carbocycles. The maximum atomic E-state index is 3.60. The molecule has 21 heavy (non-hydrogen) atoms. The van der Waals surface area contributed by atoms with E-state index in [1.165, 1.54) is 77.8 Å². The Morgan fingerprint density at radius 3 is 2.33 bits per heavy atom. The molecule has 3 nitrogen and oxygen atoms in total. The fourth-order valence-electron chi connectivity index (χ4n) is 4.18. The van der Waals surface area contributed by atoms with E-state index in [0.717, 1.165) is 12.6 Å². The summed E-state index contributed by atoms with van der Waals surface area (Å²) in [4.78, 5) is 5.52. The van der Waals surface area contributed by atoms with Crippen molar-refractivity contribution in [3.05, 3.63) is 0 Å². The van der Waals surface area contributed by atoms with Crippen molar-refractivity contribution in [2.45, 2.75) is 65.3 Å². The highest BCUT2D eigenvalue weighted by Gasteiger charge is 2.34. The minimum Gasteiger partial charge on any atom is -0.316 e. The SMILES string of the molecule is CCNCC(CC)(CC)CN1CCC(N2CCCCC2)C1. The highest BCUT2D eigenvalue weighted by Crippen LogP contribution is 2.29. The highest BCUT2D eigenvalue weighted by molar-refractivity contribution is 4.90. The summed E-state index contributed by atoms with van der Waals surface area (Å²) in [5, 5.41) is 3.60. The third-order valence-corrected chi connectivity index (χ3v) is 5.96. The van der Waals surface area contributed by atoms with E-state index < -0.39 is 0 Å². The summed E-state index contributed by atoms with van der Waals surface area (Å²) >= 11 is 0. The third kappa shape index (κ3) is 4.67. The summed E-state index contributed by atoms with van der Waals surface area (Å²) < 4.78 is 0. The summed E-state index contributed by atoms with van der Waals surface area (Å²) in [6.07, 6.45) is 8.27. The van der Waals surface area contributed by atoms with Gasteiger partial charge in [-0.25, -0.2) is 0 Å². The van der Waals surface area contributed by atoms with Gasteiger partial charge in [-0.3, -0.25) is 4.90 Å². The van der Waals surface area contributed by atoms with Gasteiger partial charge in [0.2, 0.25) is 0 Å². The molecule has 0 amide bonds. The van der Waals surface area contributed by atoms with E-state index in [1.807, 2.05) is 0 Å². The molecule has 1 atom stereocenters. The lowest BCUT2D eigenvalue weighted by molar-refractivity contribution is 0.130. The zero-order valence-electron chi connectivity index (χ0n) is 14.7. The summed E-state index contributed by atoms with van der Waals surface area (Å²) in [6.45, 7) is 15.9. The number of nitrogens with zero attached hydrogens (tertiary/aromatic N) is 2. The van der Waals surface area contributed by atoms with Crippen molar-refractivity contribution in [1.29, 1.82) is 0 Å². The average Bonchev–Trinajstić information content (AvgIpc) is 3.01. The Kier molecular flexibility index (Phi) is 6.97. The first-order chi connectivity index (χ1) is 10.2. The van der Waals surface area contributed by atoms with Crippen LogP contribution in [0.15, 0.2) is 0 Å². The lowest BCUT2D eigenvalue weighted by Crippen LogP contribution is -2.45. The van der Waals surface area contributed by atoms with Crippen molar-refractivity contribution in [1.82, 2.24) is 15.1 Å². The second-order valence-corrected chi connectivity index (χ2v) is 7.26. The van der Waals surface area contributed by atoms with Crippen LogP contribution in [0.3, 0.4) is 0 Å². The van der Waals surface area contributed by atoms with Gasteiger partial charge in [0.1, 0.15) is 0 Å². The fraction of sp³-hybridized carbons (Fsp3) is 1.00. The van der Waals surface area contributed by atoms with Gasteiger partial charge < -0.3 is 10.2 Å². The van der Waals surface area contributed by atoms with Crippen LogP contribution in [0.4, 0.5) is 0 Å². The van der Waals surface area contributed by atoms with Crippen molar-refractivity contribution >= 4 is 0 Å². The number of nitrogens with one attached hydrogen (secondary N) is 1. The van der Waals surface area contributed by atoms with Gasteiger partial charge in [-0.05, 0) is 63.7 Å². The second kappa shape index (κ2) is 8.50. The largest absolute Gasteiger partial charge is 0.316 e. The van der Waals surface area contributed by atoms with E-state index in [9.17, 15) is 0 Å². The Balaban J connectivity index is 1.84. The Labute approximate surface area is 132 Å². The molecule has 2 aliphatic heterocycles. The average molecular weight is 296 g/mol. The molecule has 2 fully saturated rings. The third-order valence-electron chi connectivity index (χ3n) is 5.96. The fourth-order valence-corrected chi connectivity index (χ4v) is 4.18. The van der Waals surface area contributed by atoms with Gasteiger partial charge in [-0.1, -0.05) is 27.2 Å². The van der Waals surface area contributed by atoms with Crippen molar-refractivity contribution < 1.29 is 0 Å². The van der Waals surface area contributed by atoms with Crippen molar-refractivity contribution in [2.24, 2.45) is 5.41 Å². The molecular formula is C18H37N3. The van der Waals surface area contributed by atoms with Crippen LogP contribution in [0.1, 0.15) is 59.3 Å². The molecule has 1 unspecified atom stereocenters. The molecule has 0 saturated carbocycles. The van der Waals surface area contributed by atoms with E-state index in [0.29, 0.717) is 5.41 Å². The van der Waals surface area contributed by atoms with Crippen molar-refractivity contribution in [3.8, 4) is 0 Å². The van der Waals surface area contributed by atoms with Crippen LogP contribution < -0.4 is 5.32 Å². The molecule has 124 valence electrons. The van der Waals surface area contributed by atoms with Crippen LogP contribution >= 0.6 is 0 Å². The van der Waals surface area contributed by atoms with Gasteiger partial charge >= 0.3 is 0 Å². The molecule has 2 rings (SSSR count). The maximum Gasteiger partial charge on any atom is 0.0235 e. The zero-order valence-corrected chi connectivity index (χ0v) is 14.7. The normalized spacial score (nSPS) is 25.6. The molecule has 2 saturated heterocycles. The minimum atomic E-state index is 0.479. The predicted octanol–water partition coefficient (Wildman–Crippen LogP) is 2.96. The predicted molar refractivity (Wildman–Crippen MR) is 91.8 cm³/mol. The van der Waals surface area contributed by atoms with Crippen LogP contribution in [-0.4, -0.2) is 61.7 Å². The van der Waals surface area contributed by atoms with Crippen LogP contribution in [0, 0.1) is 5.41 Å². The number of likely N-dealkylation sites (tertiary alicyclic amines) is 2. The van der Waals surface area contributed by atoms with Crippen LogP contribution in [-0.2, 0) is 0 Å². The van der Waals surface area contributed by atoms with Gasteiger partial charge in [0.25, 0.3) is 0 Å². The quantitative estimate of drug-likeness (QED) is 0.743. The van der Waals surface area contributed by atoms with Crippen molar-refractivity contribution in [3.63, 3.8) is 0 Å². The molecule has 0 bridgehead atoms. The first-order valence-corrected chi connectivity index (χ1v) is 9.40. The van der Waals surface area contributed by atoms with Gasteiger partial charge in [-0.2, -0.15) is 0 Å². The molecule has 1 N–H and O–H groups in total. The highest BCUT2D eigenvalue weighted by atomic mass is 15.3. The lowest BCUT2D eigenvalue weighted by atomic mass is 9.81. The second-order valence-electron chi connectivity index (χ2n) is 7.26. The minimum absolute atomic E-state index is 0.479. The molecular weight excluding hydrogens is 258 g/mol. The number of hydrogen-bond acceptors (Lipinski definition) is 3. The Bertz CT molecular complexity index is 282. The summed E-state index contributed by atoms with van der Waals surface area (Å²) in [6, 6.07) is 0.843. The monoisotopic (exact) mass is 295 g/mol. The van der Waals surface area contributed by atoms with Crippen molar-refractivity contribution in [2.75, 3.05) is 45.8 Å². The number of hydrogen-bond donors (Lipinski definition) is 1. The van der Waals surface area contributed by atoms with E-state index in [-0.39, 0.29) is 0 Å². The number of piperidine rings is 1. The molecule has 0 radical (unpaired) electrons. The van der Waals surface area contributed by atoms with Gasteiger partial charge in [0, 0.05) is 25.7 Å². The zero-order chi connectivity index (χ0) is 15.1. The Morgan fingerprint density at radius 2 is 1.71 bits per heavy atom. The van der Waals surface area contributed by atoms with E-state index in [4.69, 9.17) is 0 Å². The lowest BCUT2D eigenvalue weighted by Gasteiger charge is -2.37. The summed E-state index contributed by atoms with van der Waals surface area (Å²) in [7, 11) is 0. The smallest absolute Gasteiger partial charge is 0.0235 e. The summed E-state index contributed by atoms with van der Waals surface area (Å²) in [5.74, 6) is 0. The van der Waals surface area contributed by atoms with Gasteiger partial charge in [-0.15, -0.1) is 0 Å². The molecule has 0 spiro atoms. The molecule has 0 aromatic heterocycles. The van der Waals surface area contributed by atoms with E-state index in [2.05, 4.69) is 35.9 Å². The van der Waals surface area contributed by atoms with Crippen LogP contribution in [0.2, 0.25) is 0 Å². The molecule has 3 heteroatoms. The number of rotatable bonds is 8. The molecule has 2 aliphatic rings. The first-order valence-electron chi connectivity index (χ1n) is 9.40. The Morgan fingerprint density at radius 1 is 1.00 bits per heavy atom. The standard InChI is InChI=1S/C18H37N3/c1-4-18(5-2,15-19-6-3)16-20-13-10-17(14-20)21-11-8-7-9-12-21/h17,19H,4-16H2,1-3H3. The van der Waals surface area contributed by atoms with E-state index in [1.54, 1.807) is 0 Å².